The van der Waals surface area contributed by atoms with Crippen LogP contribution in [-0.2, 0) is 4.74 Å². The molecule has 2 rings (SSSR count). The summed E-state index contributed by atoms with van der Waals surface area (Å²) in [6.07, 6.45) is 4.36. The van der Waals surface area contributed by atoms with Crippen molar-refractivity contribution in [1.29, 1.82) is 0 Å². The Balaban J connectivity index is 1.77. The number of hydrogen-bond acceptors (Lipinski definition) is 4. The first-order valence-corrected chi connectivity index (χ1v) is 7.83. The van der Waals surface area contributed by atoms with E-state index in [-0.39, 0.29) is 6.10 Å². The van der Waals surface area contributed by atoms with Crippen LogP contribution in [-0.4, -0.2) is 60.0 Å². The standard InChI is InChI=1S/C15H30N2O2/c1-12(2)17-8-4-5-14(6-9-17)16-11-15(18)7-10-19-13(15)3/h12-14,16,18H,4-11H2,1-3H3. The topological polar surface area (TPSA) is 44.7 Å². The Morgan fingerprint density at radius 3 is 2.79 bits per heavy atom. The van der Waals surface area contributed by atoms with Crippen molar-refractivity contribution in [2.24, 2.45) is 0 Å². The van der Waals surface area contributed by atoms with E-state index in [9.17, 15) is 5.11 Å². The number of nitrogens with zero attached hydrogens (tertiary/aromatic N) is 1. The van der Waals surface area contributed by atoms with Crippen LogP contribution < -0.4 is 5.32 Å². The normalized spacial score (nSPS) is 37.7. The van der Waals surface area contributed by atoms with E-state index in [4.69, 9.17) is 4.74 Å². The summed E-state index contributed by atoms with van der Waals surface area (Å²) in [6.45, 7) is 10.2. The van der Waals surface area contributed by atoms with E-state index in [2.05, 4.69) is 24.1 Å². The Labute approximate surface area is 117 Å². The lowest BCUT2D eigenvalue weighted by Gasteiger charge is -2.29. The molecule has 2 fully saturated rings. The van der Waals surface area contributed by atoms with Crippen molar-refractivity contribution in [2.75, 3.05) is 26.2 Å². The van der Waals surface area contributed by atoms with Crippen LogP contribution in [0.4, 0.5) is 0 Å². The summed E-state index contributed by atoms with van der Waals surface area (Å²) in [5.41, 5.74) is -0.663. The molecule has 2 heterocycles. The lowest BCUT2D eigenvalue weighted by molar-refractivity contribution is -0.0278. The van der Waals surface area contributed by atoms with Gasteiger partial charge in [-0.05, 0) is 53.1 Å². The van der Waals surface area contributed by atoms with Crippen molar-refractivity contribution in [3.8, 4) is 0 Å². The zero-order chi connectivity index (χ0) is 13.9. The lowest BCUT2D eigenvalue weighted by atomic mass is 9.96. The monoisotopic (exact) mass is 270 g/mol. The van der Waals surface area contributed by atoms with Gasteiger partial charge in [0.25, 0.3) is 0 Å². The Kier molecular flexibility index (Phi) is 5.23. The van der Waals surface area contributed by atoms with Crippen molar-refractivity contribution in [2.45, 2.75) is 70.2 Å². The molecule has 0 aromatic rings. The number of aliphatic hydroxyl groups is 1. The minimum absolute atomic E-state index is 0.0436. The largest absolute Gasteiger partial charge is 0.386 e. The van der Waals surface area contributed by atoms with Gasteiger partial charge in [0.05, 0.1) is 6.10 Å². The molecule has 3 unspecified atom stereocenters. The van der Waals surface area contributed by atoms with Crippen molar-refractivity contribution in [1.82, 2.24) is 10.2 Å². The van der Waals surface area contributed by atoms with Gasteiger partial charge in [0.1, 0.15) is 5.60 Å². The second-order valence-electron chi connectivity index (χ2n) is 6.51. The van der Waals surface area contributed by atoms with Gasteiger partial charge < -0.3 is 20.1 Å². The fourth-order valence-electron chi connectivity index (χ4n) is 3.16. The fraction of sp³-hybridized carbons (Fsp3) is 1.00. The van der Waals surface area contributed by atoms with Crippen LogP contribution in [0.25, 0.3) is 0 Å². The molecule has 2 aliphatic rings. The number of nitrogens with one attached hydrogen (secondary N) is 1. The zero-order valence-corrected chi connectivity index (χ0v) is 12.7. The first-order valence-electron chi connectivity index (χ1n) is 7.83. The fourth-order valence-corrected chi connectivity index (χ4v) is 3.16. The smallest absolute Gasteiger partial charge is 0.105 e. The van der Waals surface area contributed by atoms with E-state index in [0.717, 1.165) is 6.42 Å². The molecule has 0 spiro atoms. The molecule has 2 aliphatic heterocycles. The van der Waals surface area contributed by atoms with Crippen LogP contribution in [0, 0.1) is 0 Å². The number of ether oxygens (including phenoxy) is 1. The van der Waals surface area contributed by atoms with Crippen molar-refractivity contribution >= 4 is 0 Å². The predicted molar refractivity (Wildman–Crippen MR) is 77.3 cm³/mol. The highest BCUT2D eigenvalue weighted by Crippen LogP contribution is 2.25. The summed E-state index contributed by atoms with van der Waals surface area (Å²) in [4.78, 5) is 2.55. The third-order valence-electron chi connectivity index (χ3n) is 4.85. The summed E-state index contributed by atoms with van der Waals surface area (Å²) in [5, 5.41) is 14.1. The Hall–Kier alpha value is -0.160. The molecule has 2 saturated heterocycles. The maximum atomic E-state index is 10.5. The van der Waals surface area contributed by atoms with Crippen molar-refractivity contribution < 1.29 is 9.84 Å². The molecule has 0 radical (unpaired) electrons. The van der Waals surface area contributed by atoms with Gasteiger partial charge in [-0.15, -0.1) is 0 Å². The highest BCUT2D eigenvalue weighted by atomic mass is 16.5. The summed E-state index contributed by atoms with van der Waals surface area (Å²) in [6, 6.07) is 1.19. The molecular weight excluding hydrogens is 240 g/mol. The molecule has 4 nitrogen and oxygen atoms in total. The molecule has 0 saturated carbocycles. The SMILES string of the molecule is CC(C)N1CCCC(NCC2(O)CCOC2C)CC1. The lowest BCUT2D eigenvalue weighted by Crippen LogP contribution is -2.48. The van der Waals surface area contributed by atoms with Gasteiger partial charge >= 0.3 is 0 Å². The van der Waals surface area contributed by atoms with Crippen LogP contribution in [0.2, 0.25) is 0 Å². The van der Waals surface area contributed by atoms with Gasteiger partial charge in [0, 0.05) is 31.7 Å². The van der Waals surface area contributed by atoms with Gasteiger partial charge in [0.15, 0.2) is 0 Å². The van der Waals surface area contributed by atoms with E-state index < -0.39 is 5.60 Å². The molecule has 3 atom stereocenters. The van der Waals surface area contributed by atoms with E-state index in [1.807, 2.05) is 6.92 Å². The third-order valence-corrected chi connectivity index (χ3v) is 4.85. The van der Waals surface area contributed by atoms with Gasteiger partial charge in [-0.1, -0.05) is 0 Å². The summed E-state index contributed by atoms with van der Waals surface area (Å²) in [7, 11) is 0. The van der Waals surface area contributed by atoms with Gasteiger partial charge in [-0.3, -0.25) is 0 Å². The zero-order valence-electron chi connectivity index (χ0n) is 12.7. The van der Waals surface area contributed by atoms with Crippen molar-refractivity contribution in [3.05, 3.63) is 0 Å². The van der Waals surface area contributed by atoms with E-state index in [1.54, 1.807) is 0 Å². The number of rotatable bonds is 4. The quantitative estimate of drug-likeness (QED) is 0.810. The van der Waals surface area contributed by atoms with Gasteiger partial charge in [0.2, 0.25) is 0 Å². The van der Waals surface area contributed by atoms with E-state index >= 15 is 0 Å². The Morgan fingerprint density at radius 2 is 2.16 bits per heavy atom. The van der Waals surface area contributed by atoms with Gasteiger partial charge in [-0.2, -0.15) is 0 Å². The highest BCUT2D eigenvalue weighted by Gasteiger charge is 2.39. The number of hydrogen-bond donors (Lipinski definition) is 2. The minimum Gasteiger partial charge on any atom is -0.386 e. The molecule has 0 bridgehead atoms. The molecular formula is C15H30N2O2. The van der Waals surface area contributed by atoms with Crippen LogP contribution in [0.15, 0.2) is 0 Å². The highest BCUT2D eigenvalue weighted by molar-refractivity contribution is 4.92. The molecule has 0 aliphatic carbocycles. The second-order valence-corrected chi connectivity index (χ2v) is 6.51. The second kappa shape index (κ2) is 6.53. The van der Waals surface area contributed by atoms with Crippen molar-refractivity contribution in [3.63, 3.8) is 0 Å². The molecule has 2 N–H and O–H groups in total. The minimum atomic E-state index is -0.663. The average molecular weight is 270 g/mol. The van der Waals surface area contributed by atoms with E-state index in [1.165, 1.54) is 32.4 Å². The molecule has 0 amide bonds. The molecule has 0 aromatic carbocycles. The first kappa shape index (κ1) is 15.2. The maximum Gasteiger partial charge on any atom is 0.105 e. The molecule has 19 heavy (non-hydrogen) atoms. The summed E-state index contributed by atoms with van der Waals surface area (Å²) in [5.74, 6) is 0. The van der Waals surface area contributed by atoms with Crippen LogP contribution in [0.3, 0.4) is 0 Å². The molecule has 112 valence electrons. The first-order chi connectivity index (χ1) is 9.01. The average Bonchev–Trinajstić information content (AvgIpc) is 2.59. The maximum absolute atomic E-state index is 10.5. The summed E-state index contributed by atoms with van der Waals surface area (Å²) < 4.78 is 5.48. The molecule has 4 heteroatoms. The van der Waals surface area contributed by atoms with Crippen LogP contribution in [0.5, 0.6) is 0 Å². The summed E-state index contributed by atoms with van der Waals surface area (Å²) >= 11 is 0. The molecule has 0 aromatic heterocycles. The van der Waals surface area contributed by atoms with Crippen LogP contribution >= 0.6 is 0 Å². The van der Waals surface area contributed by atoms with Gasteiger partial charge in [-0.25, -0.2) is 0 Å². The van der Waals surface area contributed by atoms with Crippen LogP contribution in [0.1, 0.15) is 46.5 Å². The Bertz CT molecular complexity index is 285. The van der Waals surface area contributed by atoms with E-state index in [0.29, 0.717) is 25.2 Å². The number of likely N-dealkylation sites (tertiary alicyclic amines) is 1. The third kappa shape index (κ3) is 3.91. The Morgan fingerprint density at radius 1 is 1.37 bits per heavy atom. The predicted octanol–water partition coefficient (Wildman–Crippen LogP) is 1.38.